The Morgan fingerprint density at radius 1 is 1.10 bits per heavy atom. The van der Waals surface area contributed by atoms with Crippen molar-refractivity contribution in [3.63, 3.8) is 0 Å². The Balaban J connectivity index is 2.08. The molecule has 0 bridgehead atoms. The largest absolute Gasteiger partial charge is 0.481 e. The highest BCUT2D eigenvalue weighted by Crippen LogP contribution is 2.36. The molecule has 1 N–H and O–H groups in total. The Morgan fingerprint density at radius 2 is 1.67 bits per heavy atom. The van der Waals surface area contributed by atoms with Crippen LogP contribution in [0.3, 0.4) is 0 Å². The maximum absolute atomic E-state index is 12.7. The highest BCUT2D eigenvalue weighted by Gasteiger charge is 2.41. The minimum absolute atomic E-state index is 0.00810. The lowest BCUT2D eigenvalue weighted by Gasteiger charge is -2.46. The number of urea groups is 1. The molecule has 21 heavy (non-hydrogen) atoms. The molecular weight excluding hydrogens is 270 g/mol. The van der Waals surface area contributed by atoms with Crippen LogP contribution in [-0.2, 0) is 4.79 Å². The van der Waals surface area contributed by atoms with E-state index in [1.54, 1.807) is 11.9 Å². The molecule has 120 valence electrons. The maximum Gasteiger partial charge on any atom is 0.320 e. The zero-order chi connectivity index (χ0) is 15.5. The molecule has 0 aromatic rings. The number of likely N-dealkylation sites (N-methyl/N-ethyl adjacent to an activating group) is 1. The summed E-state index contributed by atoms with van der Waals surface area (Å²) in [6.45, 7) is 3.21. The number of amides is 2. The van der Waals surface area contributed by atoms with Crippen molar-refractivity contribution in [2.24, 2.45) is 0 Å². The van der Waals surface area contributed by atoms with E-state index in [-0.39, 0.29) is 12.5 Å². The molecule has 2 amide bonds. The SMILES string of the molecule is CN1CCN(C(=O)N(C)C2(CC(=O)O)CCCCC2)CC1. The zero-order valence-corrected chi connectivity index (χ0v) is 13.2. The number of carbonyl (C=O) groups is 2. The smallest absolute Gasteiger partial charge is 0.320 e. The third-order valence-electron chi connectivity index (χ3n) is 5.04. The van der Waals surface area contributed by atoms with Gasteiger partial charge in [0, 0.05) is 33.2 Å². The normalized spacial score (nSPS) is 22.9. The van der Waals surface area contributed by atoms with E-state index < -0.39 is 11.5 Å². The van der Waals surface area contributed by atoms with Gasteiger partial charge in [-0.15, -0.1) is 0 Å². The number of rotatable bonds is 3. The molecule has 6 nitrogen and oxygen atoms in total. The lowest BCUT2D eigenvalue weighted by molar-refractivity contribution is -0.140. The van der Waals surface area contributed by atoms with Crippen LogP contribution in [0.25, 0.3) is 0 Å². The molecule has 2 aliphatic rings. The van der Waals surface area contributed by atoms with Gasteiger partial charge < -0.3 is 19.8 Å². The quantitative estimate of drug-likeness (QED) is 0.856. The van der Waals surface area contributed by atoms with E-state index in [2.05, 4.69) is 11.9 Å². The number of hydrogen-bond acceptors (Lipinski definition) is 3. The molecule has 0 aromatic carbocycles. The predicted molar refractivity (Wildman–Crippen MR) is 80.3 cm³/mol. The second-order valence-corrected chi connectivity index (χ2v) is 6.49. The van der Waals surface area contributed by atoms with Crippen molar-refractivity contribution >= 4 is 12.0 Å². The average Bonchev–Trinajstić information content (AvgIpc) is 2.47. The molecule has 0 aromatic heterocycles. The van der Waals surface area contributed by atoms with Gasteiger partial charge in [-0.05, 0) is 19.9 Å². The van der Waals surface area contributed by atoms with Crippen LogP contribution in [-0.4, -0.2) is 77.6 Å². The topological polar surface area (TPSA) is 64.1 Å². The van der Waals surface area contributed by atoms with Crippen LogP contribution in [0, 0.1) is 0 Å². The monoisotopic (exact) mass is 297 g/mol. The Hall–Kier alpha value is -1.30. The lowest BCUT2D eigenvalue weighted by Crippen LogP contribution is -2.58. The first-order valence-electron chi connectivity index (χ1n) is 7.88. The minimum Gasteiger partial charge on any atom is -0.481 e. The molecule has 1 heterocycles. The fourth-order valence-electron chi connectivity index (χ4n) is 3.53. The number of hydrogen-bond donors (Lipinski definition) is 1. The first-order chi connectivity index (χ1) is 9.94. The summed E-state index contributed by atoms with van der Waals surface area (Å²) in [5.41, 5.74) is -0.496. The van der Waals surface area contributed by atoms with Crippen LogP contribution in [0.15, 0.2) is 0 Å². The fraction of sp³-hybridized carbons (Fsp3) is 0.867. The van der Waals surface area contributed by atoms with Gasteiger partial charge in [0.25, 0.3) is 0 Å². The molecule has 2 rings (SSSR count). The van der Waals surface area contributed by atoms with E-state index in [4.69, 9.17) is 0 Å². The molecule has 2 fully saturated rings. The third-order valence-corrected chi connectivity index (χ3v) is 5.04. The molecule has 0 radical (unpaired) electrons. The van der Waals surface area contributed by atoms with Gasteiger partial charge in [0.15, 0.2) is 0 Å². The van der Waals surface area contributed by atoms with Crippen LogP contribution >= 0.6 is 0 Å². The van der Waals surface area contributed by atoms with E-state index in [0.29, 0.717) is 0 Å². The number of carbonyl (C=O) groups excluding carboxylic acids is 1. The average molecular weight is 297 g/mol. The Labute approximate surface area is 126 Å². The van der Waals surface area contributed by atoms with Crippen molar-refractivity contribution in [1.29, 1.82) is 0 Å². The second kappa shape index (κ2) is 6.64. The van der Waals surface area contributed by atoms with Gasteiger partial charge >= 0.3 is 12.0 Å². The van der Waals surface area contributed by atoms with Crippen molar-refractivity contribution in [3.05, 3.63) is 0 Å². The van der Waals surface area contributed by atoms with Crippen LogP contribution in [0.2, 0.25) is 0 Å². The van der Waals surface area contributed by atoms with E-state index in [1.165, 1.54) is 0 Å². The Kier molecular flexibility index (Phi) is 5.08. The van der Waals surface area contributed by atoms with Crippen LogP contribution in [0.5, 0.6) is 0 Å². The Bertz CT molecular complexity index is 386. The predicted octanol–water partition coefficient (Wildman–Crippen LogP) is 1.46. The van der Waals surface area contributed by atoms with Crippen molar-refractivity contribution in [3.8, 4) is 0 Å². The fourth-order valence-corrected chi connectivity index (χ4v) is 3.53. The first kappa shape index (κ1) is 16.1. The van der Waals surface area contributed by atoms with Crippen LogP contribution < -0.4 is 0 Å². The van der Waals surface area contributed by atoms with Crippen LogP contribution in [0.4, 0.5) is 4.79 Å². The van der Waals surface area contributed by atoms with E-state index in [1.807, 2.05) is 4.90 Å². The lowest BCUT2D eigenvalue weighted by atomic mass is 9.78. The number of piperazine rings is 1. The maximum atomic E-state index is 12.7. The highest BCUT2D eigenvalue weighted by molar-refractivity contribution is 5.77. The van der Waals surface area contributed by atoms with E-state index in [0.717, 1.165) is 58.3 Å². The summed E-state index contributed by atoms with van der Waals surface area (Å²) < 4.78 is 0. The summed E-state index contributed by atoms with van der Waals surface area (Å²) in [6, 6.07) is -0.00810. The second-order valence-electron chi connectivity index (χ2n) is 6.49. The Morgan fingerprint density at radius 3 is 2.19 bits per heavy atom. The summed E-state index contributed by atoms with van der Waals surface area (Å²) in [5, 5.41) is 9.25. The van der Waals surface area contributed by atoms with Crippen molar-refractivity contribution in [1.82, 2.24) is 14.7 Å². The molecule has 1 aliphatic carbocycles. The number of carboxylic acid groups (broad SMARTS) is 1. The molecule has 0 unspecified atom stereocenters. The van der Waals surface area contributed by atoms with Gasteiger partial charge in [-0.3, -0.25) is 4.79 Å². The molecule has 1 saturated carbocycles. The highest BCUT2D eigenvalue weighted by atomic mass is 16.4. The number of nitrogens with zero attached hydrogens (tertiary/aromatic N) is 3. The van der Waals surface area contributed by atoms with Crippen molar-refractivity contribution < 1.29 is 14.7 Å². The summed E-state index contributed by atoms with van der Waals surface area (Å²) in [5.74, 6) is -0.810. The molecule has 1 saturated heterocycles. The molecule has 1 aliphatic heterocycles. The van der Waals surface area contributed by atoms with Gasteiger partial charge in [0.1, 0.15) is 0 Å². The van der Waals surface area contributed by atoms with Crippen LogP contribution in [0.1, 0.15) is 38.5 Å². The summed E-state index contributed by atoms with van der Waals surface area (Å²) >= 11 is 0. The summed E-state index contributed by atoms with van der Waals surface area (Å²) in [6.07, 6.45) is 4.81. The van der Waals surface area contributed by atoms with E-state index in [9.17, 15) is 14.7 Å². The van der Waals surface area contributed by atoms with Crippen molar-refractivity contribution in [2.75, 3.05) is 40.3 Å². The van der Waals surface area contributed by atoms with Gasteiger partial charge in [-0.2, -0.15) is 0 Å². The third kappa shape index (κ3) is 3.67. The summed E-state index contributed by atoms with van der Waals surface area (Å²) in [7, 11) is 3.84. The van der Waals surface area contributed by atoms with E-state index >= 15 is 0 Å². The standard InChI is InChI=1S/C15H27N3O3/c1-16-8-10-18(11-9-16)14(21)17(2)15(12-13(19)20)6-4-3-5-7-15/h3-12H2,1-2H3,(H,19,20). The first-order valence-corrected chi connectivity index (χ1v) is 7.88. The molecule has 6 heteroatoms. The minimum atomic E-state index is -0.810. The molecule has 0 atom stereocenters. The number of aliphatic carboxylic acids is 1. The van der Waals surface area contributed by atoms with Gasteiger partial charge in [-0.25, -0.2) is 4.79 Å². The van der Waals surface area contributed by atoms with Gasteiger partial charge in [-0.1, -0.05) is 19.3 Å². The van der Waals surface area contributed by atoms with Crippen molar-refractivity contribution in [2.45, 2.75) is 44.1 Å². The molecular formula is C15H27N3O3. The summed E-state index contributed by atoms with van der Waals surface area (Å²) in [4.78, 5) is 29.8. The molecule has 0 spiro atoms. The number of carboxylic acids is 1. The van der Waals surface area contributed by atoms with Gasteiger partial charge in [0.05, 0.1) is 12.0 Å². The van der Waals surface area contributed by atoms with Gasteiger partial charge in [0.2, 0.25) is 0 Å². The zero-order valence-electron chi connectivity index (χ0n) is 13.2.